The Hall–Kier alpha value is -2.57. The lowest BCUT2D eigenvalue weighted by atomic mass is 10.1. The van der Waals surface area contributed by atoms with Gasteiger partial charge in [0.15, 0.2) is 5.01 Å². The topological polar surface area (TPSA) is 123 Å². The highest BCUT2D eigenvalue weighted by Crippen LogP contribution is 2.29. The molecule has 3 aromatic rings. The fraction of sp³-hybridized carbons (Fsp3) is 0.375. The lowest BCUT2D eigenvalue weighted by Crippen LogP contribution is -2.57. The van der Waals surface area contributed by atoms with E-state index < -0.39 is 28.5 Å². The number of carbonyl (C=O) groups is 2. The van der Waals surface area contributed by atoms with Gasteiger partial charge in [0.05, 0.1) is 16.6 Å². The van der Waals surface area contributed by atoms with Crippen LogP contribution in [-0.4, -0.2) is 66.2 Å². The molecule has 0 spiro atoms. The number of sulfonamides is 1. The van der Waals surface area contributed by atoms with Crippen LogP contribution in [0.5, 0.6) is 0 Å². The molecule has 2 aliphatic heterocycles. The van der Waals surface area contributed by atoms with Crippen LogP contribution in [0.3, 0.4) is 0 Å². The van der Waals surface area contributed by atoms with Gasteiger partial charge in [-0.05, 0) is 42.0 Å². The van der Waals surface area contributed by atoms with Crippen LogP contribution in [0, 0.1) is 0 Å². The second kappa shape index (κ2) is 9.71. The maximum absolute atomic E-state index is 13.5. The number of aliphatic carboxylic acids is 1. The van der Waals surface area contributed by atoms with Gasteiger partial charge >= 0.3 is 0 Å². The first kappa shape index (κ1) is 25.1. The number of carbonyl (C=O) groups excluding carboxylic acids is 2. The van der Waals surface area contributed by atoms with Crippen molar-refractivity contribution in [1.29, 1.82) is 0 Å². The van der Waals surface area contributed by atoms with E-state index >= 15 is 0 Å². The summed E-state index contributed by atoms with van der Waals surface area (Å²) < 4.78 is 28.1. The van der Waals surface area contributed by atoms with Crippen molar-refractivity contribution in [2.45, 2.75) is 43.3 Å². The first-order valence-corrected chi connectivity index (χ1v) is 14.2. The number of aromatic nitrogens is 1. The summed E-state index contributed by atoms with van der Waals surface area (Å²) in [5.74, 6) is -1.73. The lowest BCUT2D eigenvalue weighted by Gasteiger charge is -2.40. The molecule has 1 amide bonds. The number of hydrogen-bond donors (Lipinski definition) is 1. The molecule has 0 aliphatic carbocycles. The van der Waals surface area contributed by atoms with Crippen LogP contribution in [-0.2, 0) is 27.8 Å². The maximum Gasteiger partial charge on any atom is 0.283 e. The van der Waals surface area contributed by atoms with Crippen molar-refractivity contribution in [3.05, 3.63) is 57.0 Å². The van der Waals surface area contributed by atoms with Gasteiger partial charge < -0.3 is 20.1 Å². The van der Waals surface area contributed by atoms with Gasteiger partial charge in [0.2, 0.25) is 10.0 Å². The molecule has 2 unspecified atom stereocenters. The van der Waals surface area contributed by atoms with Crippen molar-refractivity contribution in [2.75, 3.05) is 19.6 Å². The molecule has 2 aromatic carbocycles. The standard InChI is InChI=1S/C24H25ClN4O5S2/c1-14-8-20-21(12-26-14)35-23(27-20)24(32)29-7-6-28(13-18(29)11-22(30)31)36(33,34)19-5-3-15-9-17(25)4-2-16(15)10-19/h2-5,9-10,14,18,26H,6-8,11-13H2,1H3,(H,30,31)/p-1. The van der Waals surface area contributed by atoms with Crippen LogP contribution in [0.4, 0.5) is 0 Å². The van der Waals surface area contributed by atoms with E-state index in [9.17, 15) is 23.1 Å². The summed E-state index contributed by atoms with van der Waals surface area (Å²) >= 11 is 7.32. The summed E-state index contributed by atoms with van der Waals surface area (Å²) in [5, 5.41) is 17.2. The average molecular weight is 548 g/mol. The van der Waals surface area contributed by atoms with Gasteiger partial charge in [-0.3, -0.25) is 4.79 Å². The van der Waals surface area contributed by atoms with Crippen LogP contribution in [0.15, 0.2) is 41.3 Å². The Kier molecular flexibility index (Phi) is 6.77. The van der Waals surface area contributed by atoms with E-state index in [0.29, 0.717) is 23.0 Å². The number of amides is 1. The molecule has 1 N–H and O–H groups in total. The lowest BCUT2D eigenvalue weighted by molar-refractivity contribution is -0.306. The van der Waals surface area contributed by atoms with E-state index in [4.69, 9.17) is 11.6 Å². The van der Waals surface area contributed by atoms with Gasteiger partial charge in [-0.1, -0.05) is 23.7 Å². The van der Waals surface area contributed by atoms with Crippen LogP contribution < -0.4 is 10.4 Å². The van der Waals surface area contributed by atoms with Gasteiger partial charge in [-0.2, -0.15) is 4.31 Å². The zero-order valence-electron chi connectivity index (χ0n) is 19.4. The molecule has 2 aliphatic rings. The van der Waals surface area contributed by atoms with Crippen molar-refractivity contribution >= 4 is 55.6 Å². The second-order valence-electron chi connectivity index (χ2n) is 9.12. The summed E-state index contributed by atoms with van der Waals surface area (Å²) in [5.41, 5.74) is 0.879. The highest BCUT2D eigenvalue weighted by molar-refractivity contribution is 7.89. The molecule has 0 radical (unpaired) electrons. The summed E-state index contributed by atoms with van der Waals surface area (Å²) in [6, 6.07) is 9.34. The summed E-state index contributed by atoms with van der Waals surface area (Å²) in [6.07, 6.45) is 0.239. The predicted octanol–water partition coefficient (Wildman–Crippen LogP) is 1.64. The fourth-order valence-electron chi connectivity index (χ4n) is 4.71. The highest BCUT2D eigenvalue weighted by atomic mass is 35.5. The third-order valence-corrected chi connectivity index (χ3v) is 9.77. The van der Waals surface area contributed by atoms with E-state index in [1.54, 1.807) is 30.3 Å². The number of carboxylic acid groups (broad SMARTS) is 1. The van der Waals surface area contributed by atoms with E-state index in [2.05, 4.69) is 10.3 Å². The van der Waals surface area contributed by atoms with Gasteiger partial charge in [0.1, 0.15) is 0 Å². The van der Waals surface area contributed by atoms with E-state index in [1.807, 2.05) is 6.92 Å². The second-order valence-corrected chi connectivity index (χ2v) is 12.6. The Morgan fingerprint density at radius 1 is 1.19 bits per heavy atom. The van der Waals surface area contributed by atoms with Crippen LogP contribution >= 0.6 is 22.9 Å². The minimum Gasteiger partial charge on any atom is -0.550 e. The summed E-state index contributed by atoms with van der Waals surface area (Å²) in [6.45, 7) is 2.63. The number of piperazine rings is 1. The molecule has 3 heterocycles. The smallest absolute Gasteiger partial charge is 0.283 e. The molecule has 2 atom stereocenters. The molecule has 36 heavy (non-hydrogen) atoms. The minimum absolute atomic E-state index is 0.0416. The number of halogens is 1. The predicted molar refractivity (Wildman–Crippen MR) is 134 cm³/mol. The van der Waals surface area contributed by atoms with Crippen molar-refractivity contribution in [3.63, 3.8) is 0 Å². The van der Waals surface area contributed by atoms with Gasteiger partial charge in [-0.15, -0.1) is 11.3 Å². The number of nitrogens with one attached hydrogen (secondary N) is 1. The van der Waals surface area contributed by atoms with Crippen LogP contribution in [0.25, 0.3) is 10.8 Å². The summed E-state index contributed by atoms with van der Waals surface area (Å²) in [7, 11) is -3.93. The van der Waals surface area contributed by atoms with Crippen molar-refractivity contribution < 1.29 is 23.1 Å². The Morgan fingerprint density at radius 3 is 2.72 bits per heavy atom. The Balaban J connectivity index is 1.39. The number of rotatable bonds is 5. The van der Waals surface area contributed by atoms with E-state index in [-0.39, 0.29) is 36.5 Å². The molecule has 5 rings (SSSR count). The molecular weight excluding hydrogens is 524 g/mol. The first-order valence-electron chi connectivity index (χ1n) is 11.5. The molecule has 190 valence electrons. The Morgan fingerprint density at radius 2 is 1.94 bits per heavy atom. The number of fused-ring (bicyclic) bond motifs is 2. The van der Waals surface area contributed by atoms with Crippen LogP contribution in [0.2, 0.25) is 5.02 Å². The number of carboxylic acids is 1. The quantitative estimate of drug-likeness (QED) is 0.515. The zero-order valence-corrected chi connectivity index (χ0v) is 21.8. The monoisotopic (exact) mass is 547 g/mol. The highest BCUT2D eigenvalue weighted by Gasteiger charge is 2.38. The van der Waals surface area contributed by atoms with Crippen molar-refractivity contribution in [2.24, 2.45) is 0 Å². The minimum atomic E-state index is -3.93. The molecule has 1 saturated heterocycles. The average Bonchev–Trinajstić information content (AvgIpc) is 3.26. The van der Waals surface area contributed by atoms with E-state index in [0.717, 1.165) is 21.3 Å². The number of nitrogens with zero attached hydrogens (tertiary/aromatic N) is 3. The Labute approximate surface area is 217 Å². The molecule has 0 saturated carbocycles. The molecule has 1 fully saturated rings. The van der Waals surface area contributed by atoms with Gasteiger partial charge in [0, 0.05) is 60.9 Å². The maximum atomic E-state index is 13.5. The third-order valence-electron chi connectivity index (χ3n) is 6.59. The Bertz CT molecular complexity index is 1460. The molecule has 9 nitrogen and oxygen atoms in total. The molecule has 0 bridgehead atoms. The molecule has 12 heteroatoms. The molecular formula is C24H24ClN4O5S2-. The van der Waals surface area contributed by atoms with E-state index in [1.165, 1.54) is 26.6 Å². The zero-order chi connectivity index (χ0) is 25.6. The van der Waals surface area contributed by atoms with Gasteiger partial charge in [0.25, 0.3) is 5.91 Å². The SMILES string of the molecule is CC1Cc2nc(C(=O)N3CCN(S(=O)(=O)c4ccc5cc(Cl)ccc5c4)CC3CC(=O)[O-])sc2CN1. The third kappa shape index (κ3) is 4.85. The number of benzene rings is 2. The summed E-state index contributed by atoms with van der Waals surface area (Å²) in [4.78, 5) is 31.9. The van der Waals surface area contributed by atoms with Crippen LogP contribution in [0.1, 0.15) is 33.7 Å². The first-order chi connectivity index (χ1) is 17.1. The van der Waals surface area contributed by atoms with Gasteiger partial charge in [-0.25, -0.2) is 13.4 Å². The number of hydrogen-bond acceptors (Lipinski definition) is 8. The largest absolute Gasteiger partial charge is 0.550 e. The van der Waals surface area contributed by atoms with Crippen molar-refractivity contribution in [1.82, 2.24) is 19.5 Å². The molecule has 1 aromatic heterocycles. The number of thiazole rings is 1. The van der Waals surface area contributed by atoms with Crippen molar-refractivity contribution in [3.8, 4) is 0 Å². The fourth-order valence-corrected chi connectivity index (χ4v) is 7.39. The normalized spacial score (nSPS) is 20.9.